The third-order valence-corrected chi connectivity index (χ3v) is 3.83. The van der Waals surface area contributed by atoms with E-state index in [-0.39, 0.29) is 23.8 Å². The fourth-order valence-electron chi connectivity index (χ4n) is 2.41. The minimum Gasteiger partial charge on any atom is -0.343 e. The van der Waals surface area contributed by atoms with Crippen LogP contribution in [0.2, 0.25) is 0 Å². The van der Waals surface area contributed by atoms with Gasteiger partial charge in [0.2, 0.25) is 5.91 Å². The largest absolute Gasteiger partial charge is 0.343 e. The van der Waals surface area contributed by atoms with E-state index < -0.39 is 0 Å². The summed E-state index contributed by atoms with van der Waals surface area (Å²) in [5.41, 5.74) is 0.542. The molecule has 5 nitrogen and oxygen atoms in total. The lowest BCUT2D eigenvalue weighted by molar-refractivity contribution is -0.131. The number of hydrogen-bond acceptors (Lipinski definition) is 3. The first-order valence-electron chi connectivity index (χ1n) is 7.30. The number of carbonyl (C=O) groups is 2. The number of likely N-dealkylation sites (tertiary alicyclic amines) is 1. The summed E-state index contributed by atoms with van der Waals surface area (Å²) in [4.78, 5) is 25.4. The Labute approximate surface area is 134 Å². The van der Waals surface area contributed by atoms with Gasteiger partial charge in [0.25, 0.3) is 0 Å². The number of piperidine rings is 1. The van der Waals surface area contributed by atoms with Crippen molar-refractivity contribution >= 4 is 30.3 Å². The predicted octanol–water partition coefficient (Wildman–Crippen LogP) is 2.26. The van der Waals surface area contributed by atoms with Crippen LogP contribution >= 0.6 is 12.6 Å². The molecule has 0 spiro atoms. The Balaban J connectivity index is 1.74. The second kappa shape index (κ2) is 8.03. The Morgan fingerprint density at radius 1 is 1.23 bits per heavy atom. The van der Waals surface area contributed by atoms with Crippen molar-refractivity contribution in [2.75, 3.05) is 24.2 Å². The minimum atomic E-state index is -0.343. The molecule has 1 heterocycles. The van der Waals surface area contributed by atoms with E-state index in [1.165, 1.54) is 24.3 Å². The molecule has 1 fully saturated rings. The van der Waals surface area contributed by atoms with E-state index in [9.17, 15) is 14.0 Å². The van der Waals surface area contributed by atoms with Gasteiger partial charge in [-0.05, 0) is 42.9 Å². The summed E-state index contributed by atoms with van der Waals surface area (Å²) in [7, 11) is 0. The zero-order valence-corrected chi connectivity index (χ0v) is 13.1. The van der Waals surface area contributed by atoms with Crippen LogP contribution in [0.5, 0.6) is 0 Å². The molecule has 7 heteroatoms. The molecule has 0 saturated carbocycles. The van der Waals surface area contributed by atoms with E-state index in [1.54, 1.807) is 0 Å². The Morgan fingerprint density at radius 3 is 2.45 bits per heavy atom. The van der Waals surface area contributed by atoms with Crippen molar-refractivity contribution in [2.24, 2.45) is 0 Å². The van der Waals surface area contributed by atoms with Crippen molar-refractivity contribution in [3.63, 3.8) is 0 Å². The first kappa shape index (κ1) is 16.6. The first-order valence-corrected chi connectivity index (χ1v) is 7.93. The number of rotatable bonds is 4. The van der Waals surface area contributed by atoms with Crippen LogP contribution in [0.3, 0.4) is 0 Å². The van der Waals surface area contributed by atoms with Gasteiger partial charge in [0.1, 0.15) is 5.82 Å². The van der Waals surface area contributed by atoms with Crippen LogP contribution in [0, 0.1) is 5.82 Å². The number of urea groups is 1. The number of halogens is 1. The topological polar surface area (TPSA) is 61.4 Å². The van der Waals surface area contributed by atoms with E-state index in [4.69, 9.17) is 0 Å². The lowest BCUT2D eigenvalue weighted by atomic mass is 10.0. The van der Waals surface area contributed by atoms with Gasteiger partial charge in [0, 0.05) is 31.2 Å². The smallest absolute Gasteiger partial charge is 0.319 e. The summed E-state index contributed by atoms with van der Waals surface area (Å²) >= 11 is 4.06. The standard InChI is InChI=1S/C15H20FN3O2S/c16-11-1-3-12(4-2-11)17-15(21)18-13-5-8-19(9-6-13)14(20)7-10-22/h1-4,13,22H,5-10H2,(H2,17,18,21). The maximum Gasteiger partial charge on any atom is 0.319 e. The molecule has 1 aliphatic rings. The molecular formula is C15H20FN3O2S. The van der Waals surface area contributed by atoms with Crippen molar-refractivity contribution in [2.45, 2.75) is 25.3 Å². The zero-order chi connectivity index (χ0) is 15.9. The minimum absolute atomic E-state index is 0.0421. The van der Waals surface area contributed by atoms with Gasteiger partial charge in [0.05, 0.1) is 0 Å². The van der Waals surface area contributed by atoms with E-state index in [1.807, 2.05) is 4.90 Å². The van der Waals surface area contributed by atoms with Crippen LogP contribution in [0.25, 0.3) is 0 Å². The highest BCUT2D eigenvalue weighted by Crippen LogP contribution is 2.13. The number of nitrogens with zero attached hydrogens (tertiary/aromatic N) is 1. The molecule has 0 radical (unpaired) electrons. The molecule has 0 bridgehead atoms. The Hall–Kier alpha value is -1.76. The molecule has 120 valence electrons. The highest BCUT2D eigenvalue weighted by Gasteiger charge is 2.23. The highest BCUT2D eigenvalue weighted by atomic mass is 32.1. The molecule has 0 atom stereocenters. The number of benzene rings is 1. The number of amides is 3. The van der Waals surface area contributed by atoms with E-state index >= 15 is 0 Å². The lowest BCUT2D eigenvalue weighted by Crippen LogP contribution is -2.47. The molecule has 2 N–H and O–H groups in total. The highest BCUT2D eigenvalue weighted by molar-refractivity contribution is 7.80. The monoisotopic (exact) mass is 325 g/mol. The molecule has 0 aromatic heterocycles. The summed E-state index contributed by atoms with van der Waals surface area (Å²) < 4.78 is 12.8. The van der Waals surface area contributed by atoms with Gasteiger partial charge in [0.15, 0.2) is 0 Å². The molecule has 1 saturated heterocycles. The average molecular weight is 325 g/mol. The third-order valence-electron chi connectivity index (χ3n) is 3.61. The van der Waals surface area contributed by atoms with E-state index in [0.717, 1.165) is 12.8 Å². The summed E-state index contributed by atoms with van der Waals surface area (Å²) in [5.74, 6) is 0.324. The van der Waals surface area contributed by atoms with Gasteiger partial charge >= 0.3 is 6.03 Å². The summed E-state index contributed by atoms with van der Waals surface area (Å²) in [6.07, 6.45) is 1.91. The van der Waals surface area contributed by atoms with Crippen molar-refractivity contribution in [3.8, 4) is 0 Å². The van der Waals surface area contributed by atoms with Crippen LogP contribution < -0.4 is 10.6 Å². The molecule has 3 amide bonds. The number of anilines is 1. The fraction of sp³-hybridized carbons (Fsp3) is 0.467. The summed E-state index contributed by atoms with van der Waals surface area (Å²) in [6.45, 7) is 1.29. The zero-order valence-electron chi connectivity index (χ0n) is 12.2. The number of hydrogen-bond donors (Lipinski definition) is 3. The van der Waals surface area contributed by atoms with Gasteiger partial charge in [-0.25, -0.2) is 9.18 Å². The van der Waals surface area contributed by atoms with Crippen molar-refractivity contribution < 1.29 is 14.0 Å². The lowest BCUT2D eigenvalue weighted by Gasteiger charge is -2.32. The quantitative estimate of drug-likeness (QED) is 0.744. The normalized spacial score (nSPS) is 15.5. The van der Waals surface area contributed by atoms with Gasteiger partial charge in [-0.2, -0.15) is 12.6 Å². The van der Waals surface area contributed by atoms with Gasteiger partial charge in [-0.1, -0.05) is 0 Å². The third kappa shape index (κ3) is 4.91. The van der Waals surface area contributed by atoms with Crippen molar-refractivity contribution in [3.05, 3.63) is 30.1 Å². The Kier molecular flexibility index (Phi) is 6.06. The summed E-state index contributed by atoms with van der Waals surface area (Å²) in [5, 5.41) is 5.54. The van der Waals surface area contributed by atoms with Crippen LogP contribution in [0.1, 0.15) is 19.3 Å². The SMILES string of the molecule is O=C(Nc1ccc(F)cc1)NC1CCN(C(=O)CCS)CC1. The molecule has 22 heavy (non-hydrogen) atoms. The molecule has 0 unspecified atom stereocenters. The van der Waals surface area contributed by atoms with Crippen LogP contribution in [0.15, 0.2) is 24.3 Å². The van der Waals surface area contributed by atoms with Gasteiger partial charge < -0.3 is 15.5 Å². The molecule has 1 aromatic carbocycles. The summed E-state index contributed by atoms with van der Waals surface area (Å²) in [6, 6.07) is 5.33. The molecule has 0 aliphatic carbocycles. The Bertz CT molecular complexity index is 516. The second-order valence-electron chi connectivity index (χ2n) is 5.23. The fourth-order valence-corrected chi connectivity index (χ4v) is 2.60. The van der Waals surface area contributed by atoms with Gasteiger partial charge in [-0.15, -0.1) is 0 Å². The molecule has 1 aliphatic heterocycles. The number of thiol groups is 1. The van der Waals surface area contributed by atoms with Crippen LogP contribution in [-0.4, -0.2) is 41.7 Å². The Morgan fingerprint density at radius 2 is 1.86 bits per heavy atom. The van der Waals surface area contributed by atoms with Crippen molar-refractivity contribution in [1.82, 2.24) is 10.2 Å². The predicted molar refractivity (Wildman–Crippen MR) is 86.6 cm³/mol. The molecular weight excluding hydrogens is 305 g/mol. The van der Waals surface area contributed by atoms with Gasteiger partial charge in [-0.3, -0.25) is 4.79 Å². The second-order valence-corrected chi connectivity index (χ2v) is 5.68. The number of carbonyl (C=O) groups excluding carboxylic acids is 2. The molecule has 1 aromatic rings. The maximum atomic E-state index is 12.8. The maximum absolute atomic E-state index is 12.8. The molecule has 2 rings (SSSR count). The van der Waals surface area contributed by atoms with Crippen LogP contribution in [-0.2, 0) is 4.79 Å². The number of nitrogens with one attached hydrogen (secondary N) is 2. The van der Waals surface area contributed by atoms with E-state index in [0.29, 0.717) is 31.0 Å². The average Bonchev–Trinajstić information content (AvgIpc) is 2.50. The van der Waals surface area contributed by atoms with E-state index in [2.05, 4.69) is 23.3 Å². The van der Waals surface area contributed by atoms with Crippen molar-refractivity contribution in [1.29, 1.82) is 0 Å². The first-order chi connectivity index (χ1) is 10.6. The van der Waals surface area contributed by atoms with Crippen LogP contribution in [0.4, 0.5) is 14.9 Å².